The number of hydrogen-bond donors (Lipinski definition) is 1. The zero-order valence-electron chi connectivity index (χ0n) is 11.0. The van der Waals surface area contributed by atoms with Gasteiger partial charge in [0.15, 0.2) is 5.78 Å². The predicted molar refractivity (Wildman–Crippen MR) is 72.2 cm³/mol. The molecule has 1 aromatic carbocycles. The van der Waals surface area contributed by atoms with Gasteiger partial charge in [0.2, 0.25) is 0 Å². The van der Waals surface area contributed by atoms with Crippen LogP contribution in [-0.4, -0.2) is 35.2 Å². The van der Waals surface area contributed by atoms with Gasteiger partial charge in [-0.15, -0.1) is 0 Å². The summed E-state index contributed by atoms with van der Waals surface area (Å²) >= 11 is 0. The maximum Gasteiger partial charge on any atom is 0.292 e. The van der Waals surface area contributed by atoms with Gasteiger partial charge >= 0.3 is 0 Å². The monoisotopic (exact) mass is 263 g/mol. The lowest BCUT2D eigenvalue weighted by molar-refractivity contribution is -0.383. The van der Waals surface area contributed by atoms with Crippen LogP contribution in [0.3, 0.4) is 0 Å². The third kappa shape index (κ3) is 2.31. The van der Waals surface area contributed by atoms with E-state index in [2.05, 4.69) is 0 Å². The van der Waals surface area contributed by atoms with Crippen molar-refractivity contribution in [2.24, 2.45) is 0 Å². The quantitative estimate of drug-likeness (QED) is 0.388. The molecule has 2 rings (SSSR count). The molecule has 1 fully saturated rings. The molecule has 1 aliphatic heterocycles. The van der Waals surface area contributed by atoms with Crippen LogP contribution in [0.25, 0.3) is 0 Å². The Bertz CT molecular complexity index is 542. The number of rotatable bonds is 3. The summed E-state index contributed by atoms with van der Waals surface area (Å²) < 4.78 is 0. The first-order valence-corrected chi connectivity index (χ1v) is 6.21. The molecule has 0 aliphatic carbocycles. The van der Waals surface area contributed by atoms with Crippen molar-refractivity contribution in [2.45, 2.75) is 25.8 Å². The van der Waals surface area contributed by atoms with E-state index < -0.39 is 4.92 Å². The number of likely N-dealkylation sites (tertiary alicyclic amines) is 1. The molecule has 1 atom stereocenters. The van der Waals surface area contributed by atoms with Crippen LogP contribution >= 0.6 is 0 Å². The van der Waals surface area contributed by atoms with Crippen molar-refractivity contribution in [3.05, 3.63) is 33.4 Å². The summed E-state index contributed by atoms with van der Waals surface area (Å²) in [7, 11) is 1.89. The van der Waals surface area contributed by atoms with Gasteiger partial charge in [0.25, 0.3) is 5.69 Å². The fourth-order valence-electron chi connectivity index (χ4n) is 2.61. The third-order valence-electron chi connectivity index (χ3n) is 3.70. The molecule has 19 heavy (non-hydrogen) atoms. The third-order valence-corrected chi connectivity index (χ3v) is 3.70. The van der Waals surface area contributed by atoms with E-state index in [1.165, 1.54) is 6.07 Å². The Labute approximate surface area is 111 Å². The number of anilines is 1. The number of Topliss-reactive ketones (excluding diaryl/α,β-unsaturated/α-hetero) is 1. The van der Waals surface area contributed by atoms with Crippen LogP contribution < -0.4 is 5.73 Å². The van der Waals surface area contributed by atoms with Gasteiger partial charge in [-0.25, -0.2) is 0 Å². The van der Waals surface area contributed by atoms with Gasteiger partial charge in [-0.1, -0.05) is 6.07 Å². The number of nitrogen functional groups attached to an aromatic ring is 1. The van der Waals surface area contributed by atoms with Crippen LogP contribution in [0, 0.1) is 17.0 Å². The molecule has 0 amide bonds. The van der Waals surface area contributed by atoms with E-state index in [1.807, 2.05) is 11.9 Å². The molecule has 1 heterocycles. The second-order valence-corrected chi connectivity index (χ2v) is 4.95. The van der Waals surface area contributed by atoms with Crippen LogP contribution in [0.4, 0.5) is 11.4 Å². The van der Waals surface area contributed by atoms with E-state index in [4.69, 9.17) is 5.73 Å². The number of carbonyl (C=O) groups is 1. The summed E-state index contributed by atoms with van der Waals surface area (Å²) in [6.07, 6.45) is 1.73. The van der Waals surface area contributed by atoms with Crippen molar-refractivity contribution in [2.75, 3.05) is 19.3 Å². The molecule has 1 unspecified atom stereocenters. The SMILES string of the molecule is Cc1ccc([N+](=O)[O-])c(N)c1C(=O)C1CCCN1C. The first-order valence-electron chi connectivity index (χ1n) is 6.21. The highest BCUT2D eigenvalue weighted by molar-refractivity contribution is 6.07. The van der Waals surface area contributed by atoms with Crippen LogP contribution in [0.1, 0.15) is 28.8 Å². The Balaban J connectivity index is 2.46. The Morgan fingerprint density at radius 2 is 2.21 bits per heavy atom. The lowest BCUT2D eigenvalue weighted by Gasteiger charge is -2.19. The van der Waals surface area contributed by atoms with Crippen molar-refractivity contribution in [1.82, 2.24) is 4.90 Å². The average molecular weight is 263 g/mol. The minimum atomic E-state index is -0.552. The summed E-state index contributed by atoms with van der Waals surface area (Å²) in [4.78, 5) is 24.8. The molecule has 6 heteroatoms. The summed E-state index contributed by atoms with van der Waals surface area (Å²) in [6, 6.07) is 2.71. The molecule has 1 saturated heterocycles. The summed E-state index contributed by atoms with van der Waals surface area (Å²) in [6.45, 7) is 2.62. The maximum atomic E-state index is 12.5. The number of nitro benzene ring substituents is 1. The fourth-order valence-corrected chi connectivity index (χ4v) is 2.61. The minimum absolute atomic E-state index is 0.0182. The van der Waals surface area contributed by atoms with E-state index >= 15 is 0 Å². The normalized spacial score (nSPS) is 19.6. The van der Waals surface area contributed by atoms with Crippen LogP contribution in [0.15, 0.2) is 12.1 Å². The number of nitrogens with zero attached hydrogens (tertiary/aromatic N) is 2. The first kappa shape index (κ1) is 13.5. The molecule has 0 bridgehead atoms. The Hall–Kier alpha value is -1.95. The van der Waals surface area contributed by atoms with E-state index in [1.54, 1.807) is 13.0 Å². The van der Waals surface area contributed by atoms with E-state index in [-0.39, 0.29) is 23.2 Å². The van der Waals surface area contributed by atoms with Gasteiger partial charge < -0.3 is 5.73 Å². The second-order valence-electron chi connectivity index (χ2n) is 4.95. The number of nitro groups is 1. The van der Waals surface area contributed by atoms with Gasteiger partial charge in [-0.3, -0.25) is 19.8 Å². The Kier molecular flexibility index (Phi) is 3.53. The fraction of sp³-hybridized carbons (Fsp3) is 0.462. The molecule has 0 saturated carbocycles. The second kappa shape index (κ2) is 4.97. The van der Waals surface area contributed by atoms with Crippen molar-refractivity contribution < 1.29 is 9.72 Å². The molecule has 6 nitrogen and oxygen atoms in total. The molecule has 0 spiro atoms. The van der Waals surface area contributed by atoms with Crippen molar-refractivity contribution >= 4 is 17.2 Å². The van der Waals surface area contributed by atoms with Crippen molar-refractivity contribution in [1.29, 1.82) is 0 Å². The highest BCUT2D eigenvalue weighted by Gasteiger charge is 2.32. The number of benzene rings is 1. The van der Waals surface area contributed by atoms with Crippen LogP contribution in [0.2, 0.25) is 0 Å². The van der Waals surface area contributed by atoms with Gasteiger partial charge in [-0.2, -0.15) is 0 Å². The van der Waals surface area contributed by atoms with Gasteiger partial charge in [0.1, 0.15) is 5.69 Å². The number of carbonyl (C=O) groups excluding carboxylic acids is 1. The van der Waals surface area contributed by atoms with Gasteiger partial charge in [0.05, 0.1) is 16.5 Å². The number of hydrogen-bond acceptors (Lipinski definition) is 5. The lowest BCUT2D eigenvalue weighted by Crippen LogP contribution is -2.33. The van der Waals surface area contributed by atoms with Crippen molar-refractivity contribution in [3.63, 3.8) is 0 Å². The van der Waals surface area contributed by atoms with Crippen LogP contribution in [0.5, 0.6) is 0 Å². The minimum Gasteiger partial charge on any atom is -0.393 e. The lowest BCUT2D eigenvalue weighted by atomic mass is 9.95. The zero-order valence-corrected chi connectivity index (χ0v) is 11.0. The molecular weight excluding hydrogens is 246 g/mol. The molecule has 2 N–H and O–H groups in total. The van der Waals surface area contributed by atoms with E-state index in [0.717, 1.165) is 19.4 Å². The average Bonchev–Trinajstić information content (AvgIpc) is 2.74. The topological polar surface area (TPSA) is 89.5 Å². The maximum absolute atomic E-state index is 12.5. The molecule has 1 aliphatic rings. The van der Waals surface area contributed by atoms with Gasteiger partial charge in [-0.05, 0) is 38.9 Å². The largest absolute Gasteiger partial charge is 0.393 e. The zero-order chi connectivity index (χ0) is 14.2. The number of nitrogens with two attached hydrogens (primary N) is 1. The number of ketones is 1. The first-order chi connectivity index (χ1) is 8.93. The van der Waals surface area contributed by atoms with E-state index in [0.29, 0.717) is 11.1 Å². The predicted octanol–water partition coefficient (Wildman–Crippen LogP) is 1.76. The van der Waals surface area contributed by atoms with Gasteiger partial charge in [0, 0.05) is 6.07 Å². The Morgan fingerprint density at radius 1 is 1.53 bits per heavy atom. The summed E-state index contributed by atoms with van der Waals surface area (Å²) in [5.74, 6) is -0.112. The molecule has 102 valence electrons. The smallest absolute Gasteiger partial charge is 0.292 e. The Morgan fingerprint density at radius 3 is 2.74 bits per heavy atom. The highest BCUT2D eigenvalue weighted by atomic mass is 16.6. The van der Waals surface area contributed by atoms with Crippen molar-refractivity contribution in [3.8, 4) is 0 Å². The number of likely N-dealkylation sites (N-methyl/N-ethyl adjacent to an activating group) is 1. The molecule has 0 aromatic heterocycles. The standard InChI is InChI=1S/C13H17N3O3/c1-8-5-6-9(16(18)19)12(14)11(8)13(17)10-4-3-7-15(10)2/h5-6,10H,3-4,7,14H2,1-2H3. The number of aryl methyl sites for hydroxylation is 1. The molecular formula is C13H17N3O3. The highest BCUT2D eigenvalue weighted by Crippen LogP contribution is 2.31. The summed E-state index contributed by atoms with van der Waals surface area (Å²) in [5, 5.41) is 10.9. The molecule has 1 aromatic rings. The van der Waals surface area contributed by atoms with E-state index in [9.17, 15) is 14.9 Å². The molecule has 0 radical (unpaired) electrons. The summed E-state index contributed by atoms with van der Waals surface area (Å²) in [5.41, 5.74) is 6.59. The van der Waals surface area contributed by atoms with Crippen LogP contribution in [-0.2, 0) is 0 Å².